The fourth-order valence-corrected chi connectivity index (χ4v) is 4.58. The van der Waals surface area contributed by atoms with Gasteiger partial charge in [0.1, 0.15) is 16.5 Å². The van der Waals surface area contributed by atoms with Gasteiger partial charge in [-0.3, -0.25) is 0 Å². The molecule has 2 atom stereocenters. The lowest BCUT2D eigenvalue weighted by Gasteiger charge is -2.18. The molecule has 0 bridgehead atoms. The average molecular weight is 368 g/mol. The van der Waals surface area contributed by atoms with Gasteiger partial charge in [-0.2, -0.15) is 0 Å². The van der Waals surface area contributed by atoms with Gasteiger partial charge in [0.15, 0.2) is 0 Å². The number of sulfonamides is 1. The van der Waals surface area contributed by atoms with Crippen molar-refractivity contribution in [1.82, 2.24) is 4.72 Å². The maximum absolute atomic E-state index is 13.5. The Labute approximate surface area is 125 Å². The van der Waals surface area contributed by atoms with Gasteiger partial charge >= 0.3 is 0 Å². The van der Waals surface area contributed by atoms with Crippen LogP contribution in [0, 0.1) is 23.5 Å². The molecule has 0 aromatic heterocycles. The van der Waals surface area contributed by atoms with Gasteiger partial charge in [0.25, 0.3) is 0 Å². The van der Waals surface area contributed by atoms with E-state index in [1.54, 1.807) is 0 Å². The summed E-state index contributed by atoms with van der Waals surface area (Å²) in [7, 11) is -3.93. The van der Waals surface area contributed by atoms with Crippen LogP contribution in [0.2, 0.25) is 0 Å². The van der Waals surface area contributed by atoms with E-state index in [2.05, 4.69) is 20.7 Å². The van der Waals surface area contributed by atoms with Crippen LogP contribution in [0.15, 0.2) is 23.1 Å². The van der Waals surface area contributed by atoms with Gasteiger partial charge in [-0.05, 0) is 36.8 Å². The third kappa shape index (κ3) is 3.56. The number of hydrogen-bond acceptors (Lipinski definition) is 2. The molecule has 1 aliphatic carbocycles. The number of benzene rings is 1. The Morgan fingerprint density at radius 2 is 1.95 bits per heavy atom. The van der Waals surface area contributed by atoms with Crippen LogP contribution in [-0.2, 0) is 10.0 Å². The first-order valence-corrected chi connectivity index (χ1v) is 9.05. The molecule has 1 fully saturated rings. The molecule has 7 heteroatoms. The van der Waals surface area contributed by atoms with E-state index in [-0.39, 0.29) is 12.5 Å². The molecule has 1 aromatic rings. The summed E-state index contributed by atoms with van der Waals surface area (Å²) < 4.78 is 52.8. The highest BCUT2D eigenvalue weighted by Crippen LogP contribution is 2.32. The molecule has 0 amide bonds. The van der Waals surface area contributed by atoms with Crippen LogP contribution in [0.25, 0.3) is 0 Å². The Morgan fingerprint density at radius 3 is 2.60 bits per heavy atom. The zero-order valence-corrected chi connectivity index (χ0v) is 13.2. The van der Waals surface area contributed by atoms with Crippen molar-refractivity contribution < 1.29 is 17.2 Å². The first-order chi connectivity index (χ1) is 9.44. The Bertz CT molecular complexity index is 580. The zero-order chi connectivity index (χ0) is 14.8. The second-order valence-corrected chi connectivity index (χ2v) is 7.41. The van der Waals surface area contributed by atoms with Crippen molar-refractivity contribution in [3.05, 3.63) is 29.8 Å². The predicted octanol–water partition coefficient (Wildman–Crippen LogP) is 3.05. The van der Waals surface area contributed by atoms with Crippen molar-refractivity contribution in [1.29, 1.82) is 0 Å². The Balaban J connectivity index is 2.07. The summed E-state index contributed by atoms with van der Waals surface area (Å²) in [5, 5.41) is 0.838. The SMILES string of the molecule is O=S(=O)(NCC1CCCC1CBr)c1ccc(F)cc1F. The van der Waals surface area contributed by atoms with E-state index in [0.717, 1.165) is 36.7 Å². The van der Waals surface area contributed by atoms with E-state index in [1.807, 2.05) is 0 Å². The number of nitrogens with one attached hydrogen (secondary N) is 1. The quantitative estimate of drug-likeness (QED) is 0.812. The monoisotopic (exact) mass is 367 g/mol. The van der Waals surface area contributed by atoms with Crippen LogP contribution in [0.4, 0.5) is 8.78 Å². The number of rotatable bonds is 5. The molecular formula is C13H16BrF2NO2S. The van der Waals surface area contributed by atoms with Crippen molar-refractivity contribution >= 4 is 26.0 Å². The van der Waals surface area contributed by atoms with Crippen LogP contribution in [0.1, 0.15) is 19.3 Å². The van der Waals surface area contributed by atoms with Crippen LogP contribution >= 0.6 is 15.9 Å². The van der Waals surface area contributed by atoms with Crippen molar-refractivity contribution in [2.24, 2.45) is 11.8 Å². The number of alkyl halides is 1. The topological polar surface area (TPSA) is 46.2 Å². The third-order valence-corrected chi connectivity index (χ3v) is 6.02. The normalized spacial score (nSPS) is 23.1. The Hall–Kier alpha value is -0.530. The highest BCUT2D eigenvalue weighted by molar-refractivity contribution is 9.09. The zero-order valence-electron chi connectivity index (χ0n) is 10.8. The molecule has 2 unspecified atom stereocenters. The standard InChI is InChI=1S/C13H16BrF2NO2S/c14-7-9-2-1-3-10(9)8-17-20(18,19)13-5-4-11(15)6-12(13)16/h4-6,9-10,17H,1-3,7-8H2. The molecule has 0 radical (unpaired) electrons. The molecule has 2 rings (SSSR count). The second-order valence-electron chi connectivity index (χ2n) is 5.03. The average Bonchev–Trinajstić information content (AvgIpc) is 2.83. The molecule has 1 aromatic carbocycles. The van der Waals surface area contributed by atoms with E-state index in [9.17, 15) is 17.2 Å². The van der Waals surface area contributed by atoms with Crippen LogP contribution in [0.5, 0.6) is 0 Å². The smallest absolute Gasteiger partial charge is 0.211 e. The van der Waals surface area contributed by atoms with Crippen LogP contribution < -0.4 is 4.72 Å². The van der Waals surface area contributed by atoms with Crippen molar-refractivity contribution in [3.8, 4) is 0 Å². The van der Waals surface area contributed by atoms with Crippen LogP contribution in [0.3, 0.4) is 0 Å². The van der Waals surface area contributed by atoms with E-state index in [1.165, 1.54) is 0 Å². The fraction of sp³-hybridized carbons (Fsp3) is 0.538. The van der Waals surface area contributed by atoms with Crippen molar-refractivity contribution in [2.75, 3.05) is 11.9 Å². The Kier molecular flexibility index (Phi) is 5.14. The van der Waals surface area contributed by atoms with E-state index in [0.29, 0.717) is 12.0 Å². The lowest BCUT2D eigenvalue weighted by atomic mass is 9.99. The molecule has 3 nitrogen and oxygen atoms in total. The van der Waals surface area contributed by atoms with Gasteiger partial charge in [0.05, 0.1) is 0 Å². The number of hydrogen-bond donors (Lipinski definition) is 1. The molecular weight excluding hydrogens is 352 g/mol. The van der Waals surface area contributed by atoms with E-state index < -0.39 is 26.6 Å². The molecule has 20 heavy (non-hydrogen) atoms. The first-order valence-electron chi connectivity index (χ1n) is 6.44. The first kappa shape index (κ1) is 15.9. The summed E-state index contributed by atoms with van der Waals surface area (Å²) in [4.78, 5) is -0.507. The second kappa shape index (κ2) is 6.49. The maximum atomic E-state index is 13.5. The van der Waals surface area contributed by atoms with E-state index in [4.69, 9.17) is 0 Å². The summed E-state index contributed by atoms with van der Waals surface area (Å²) in [5.74, 6) is -1.17. The van der Waals surface area contributed by atoms with E-state index >= 15 is 0 Å². The molecule has 1 aliphatic rings. The maximum Gasteiger partial charge on any atom is 0.243 e. The largest absolute Gasteiger partial charge is 0.243 e. The predicted molar refractivity (Wildman–Crippen MR) is 76.2 cm³/mol. The minimum absolute atomic E-state index is 0.257. The summed E-state index contributed by atoms with van der Waals surface area (Å²) in [5.41, 5.74) is 0. The molecule has 0 saturated heterocycles. The van der Waals surface area contributed by atoms with Gasteiger partial charge in [-0.25, -0.2) is 21.9 Å². The molecule has 1 N–H and O–H groups in total. The summed E-state index contributed by atoms with van der Waals surface area (Å²) in [6, 6.07) is 2.46. The lowest BCUT2D eigenvalue weighted by Crippen LogP contribution is -2.31. The Morgan fingerprint density at radius 1 is 1.25 bits per heavy atom. The minimum atomic E-state index is -3.93. The molecule has 0 aliphatic heterocycles. The van der Waals surface area contributed by atoms with Gasteiger partial charge in [0, 0.05) is 17.9 Å². The molecule has 1 saturated carbocycles. The highest BCUT2D eigenvalue weighted by atomic mass is 79.9. The van der Waals surface area contributed by atoms with Gasteiger partial charge in [-0.1, -0.05) is 22.4 Å². The van der Waals surface area contributed by atoms with Gasteiger partial charge in [-0.15, -0.1) is 0 Å². The molecule has 0 spiro atoms. The van der Waals surface area contributed by atoms with Gasteiger partial charge < -0.3 is 0 Å². The minimum Gasteiger partial charge on any atom is -0.211 e. The fourth-order valence-electron chi connectivity index (χ4n) is 2.57. The third-order valence-electron chi connectivity index (χ3n) is 3.73. The van der Waals surface area contributed by atoms with Crippen LogP contribution in [-0.4, -0.2) is 20.3 Å². The van der Waals surface area contributed by atoms with Gasteiger partial charge in [0.2, 0.25) is 10.0 Å². The van der Waals surface area contributed by atoms with Crippen molar-refractivity contribution in [3.63, 3.8) is 0 Å². The van der Waals surface area contributed by atoms with Crippen molar-refractivity contribution in [2.45, 2.75) is 24.2 Å². The summed E-state index contributed by atoms with van der Waals surface area (Å²) in [6.45, 7) is 0.287. The lowest BCUT2D eigenvalue weighted by molar-refractivity contribution is 0.421. The summed E-state index contributed by atoms with van der Waals surface area (Å²) >= 11 is 3.42. The molecule has 112 valence electrons. The molecule has 0 heterocycles. The highest BCUT2D eigenvalue weighted by Gasteiger charge is 2.28. The number of halogens is 3. The summed E-state index contributed by atoms with van der Waals surface area (Å²) in [6.07, 6.45) is 3.11.